The van der Waals surface area contributed by atoms with Crippen LogP contribution < -0.4 is 16.0 Å². The van der Waals surface area contributed by atoms with Crippen molar-refractivity contribution in [1.82, 2.24) is 9.97 Å². The van der Waals surface area contributed by atoms with Crippen LogP contribution in [0.3, 0.4) is 0 Å². The number of carbonyl (C=O) groups excluding carboxylic acids is 1. The first-order valence-corrected chi connectivity index (χ1v) is 6.75. The average molecular weight is 286 g/mol. The van der Waals surface area contributed by atoms with Crippen LogP contribution in [-0.4, -0.2) is 35.5 Å². The van der Waals surface area contributed by atoms with Gasteiger partial charge in [-0.25, -0.2) is 4.98 Å². The second-order valence-corrected chi connectivity index (χ2v) is 4.54. The van der Waals surface area contributed by atoms with Gasteiger partial charge in [0, 0.05) is 13.1 Å². The second-order valence-electron chi connectivity index (χ2n) is 4.14. The topological polar surface area (TPSA) is 84.1 Å². The Bertz CT molecular complexity index is 427. The van der Waals surface area contributed by atoms with E-state index in [-0.39, 0.29) is 6.54 Å². The minimum Gasteiger partial charge on any atom is -0.368 e. The van der Waals surface area contributed by atoms with Gasteiger partial charge >= 0.3 is 0 Å². The Kier molecular flexibility index (Phi) is 6.35. The number of nitrogens with two attached hydrogens (primary N) is 1. The number of halogens is 1. The van der Waals surface area contributed by atoms with Gasteiger partial charge in [0.15, 0.2) is 5.82 Å². The standard InChI is InChI=1S/C12H20ClN5O/c1-3-5-6-18(8-10(14)19)11-9(13)7-16-12(17-11)15-4-2/h7H,3-6,8H2,1-2H3,(H2,14,19)(H,15,16,17). The van der Waals surface area contributed by atoms with Crippen LogP contribution in [0.25, 0.3) is 0 Å². The number of unbranched alkanes of at least 4 members (excludes halogenated alkanes) is 1. The van der Waals surface area contributed by atoms with Crippen molar-refractivity contribution in [2.24, 2.45) is 5.73 Å². The summed E-state index contributed by atoms with van der Waals surface area (Å²) < 4.78 is 0. The first kappa shape index (κ1) is 15.5. The molecule has 0 fully saturated rings. The number of aromatic nitrogens is 2. The van der Waals surface area contributed by atoms with Crippen molar-refractivity contribution in [1.29, 1.82) is 0 Å². The fraction of sp³-hybridized carbons (Fsp3) is 0.583. The van der Waals surface area contributed by atoms with E-state index in [4.69, 9.17) is 17.3 Å². The first-order valence-electron chi connectivity index (χ1n) is 6.38. The van der Waals surface area contributed by atoms with Crippen LogP contribution in [0.2, 0.25) is 5.02 Å². The molecule has 1 aromatic rings. The summed E-state index contributed by atoms with van der Waals surface area (Å²) in [5.74, 6) is 0.628. The number of primary amides is 1. The molecule has 19 heavy (non-hydrogen) atoms. The third-order valence-corrected chi connectivity index (χ3v) is 2.75. The monoisotopic (exact) mass is 285 g/mol. The van der Waals surface area contributed by atoms with Gasteiger partial charge in [-0.15, -0.1) is 0 Å². The SMILES string of the molecule is CCCCN(CC(N)=O)c1nc(NCC)ncc1Cl. The minimum absolute atomic E-state index is 0.0995. The number of nitrogens with zero attached hydrogens (tertiary/aromatic N) is 3. The molecule has 7 heteroatoms. The molecule has 0 atom stereocenters. The summed E-state index contributed by atoms with van der Waals surface area (Å²) in [6.45, 7) is 5.53. The van der Waals surface area contributed by atoms with E-state index in [2.05, 4.69) is 22.2 Å². The van der Waals surface area contributed by atoms with Gasteiger partial charge in [-0.2, -0.15) is 4.98 Å². The molecule has 0 bridgehead atoms. The Morgan fingerprint density at radius 2 is 2.26 bits per heavy atom. The average Bonchev–Trinajstić information content (AvgIpc) is 2.37. The lowest BCUT2D eigenvalue weighted by Gasteiger charge is -2.23. The molecule has 0 unspecified atom stereocenters. The zero-order valence-electron chi connectivity index (χ0n) is 11.3. The highest BCUT2D eigenvalue weighted by Gasteiger charge is 2.15. The lowest BCUT2D eigenvalue weighted by molar-refractivity contribution is -0.116. The largest absolute Gasteiger partial charge is 0.368 e. The van der Waals surface area contributed by atoms with Crippen LogP contribution in [0.1, 0.15) is 26.7 Å². The van der Waals surface area contributed by atoms with E-state index < -0.39 is 5.91 Å². The highest BCUT2D eigenvalue weighted by Crippen LogP contribution is 2.23. The molecule has 3 N–H and O–H groups in total. The molecule has 0 aromatic carbocycles. The summed E-state index contributed by atoms with van der Waals surface area (Å²) in [4.78, 5) is 21.3. The molecule has 0 saturated heterocycles. The van der Waals surface area contributed by atoms with E-state index in [0.29, 0.717) is 29.9 Å². The van der Waals surface area contributed by atoms with Gasteiger partial charge in [-0.3, -0.25) is 4.79 Å². The number of nitrogens with one attached hydrogen (secondary N) is 1. The van der Waals surface area contributed by atoms with Crippen LogP contribution in [0, 0.1) is 0 Å². The Morgan fingerprint density at radius 1 is 1.53 bits per heavy atom. The number of carbonyl (C=O) groups is 1. The molecule has 0 aliphatic rings. The van der Waals surface area contributed by atoms with Crippen molar-refractivity contribution in [3.05, 3.63) is 11.2 Å². The van der Waals surface area contributed by atoms with Crippen LogP contribution in [0.15, 0.2) is 6.20 Å². The zero-order valence-corrected chi connectivity index (χ0v) is 12.1. The molecule has 0 aliphatic heterocycles. The Morgan fingerprint density at radius 3 is 2.84 bits per heavy atom. The van der Waals surface area contributed by atoms with Gasteiger partial charge in [0.25, 0.3) is 0 Å². The van der Waals surface area contributed by atoms with E-state index in [9.17, 15) is 4.79 Å². The van der Waals surface area contributed by atoms with E-state index in [1.54, 1.807) is 4.90 Å². The number of rotatable bonds is 8. The molecule has 1 aromatic heterocycles. The summed E-state index contributed by atoms with van der Waals surface area (Å²) in [6, 6.07) is 0. The molecule has 1 rings (SSSR count). The number of amides is 1. The molecule has 106 valence electrons. The van der Waals surface area contributed by atoms with E-state index in [0.717, 1.165) is 12.8 Å². The van der Waals surface area contributed by atoms with Crippen molar-refractivity contribution in [2.75, 3.05) is 29.9 Å². The van der Waals surface area contributed by atoms with Gasteiger partial charge < -0.3 is 16.0 Å². The van der Waals surface area contributed by atoms with Crippen molar-refractivity contribution in [2.45, 2.75) is 26.7 Å². The molecule has 6 nitrogen and oxygen atoms in total. The maximum atomic E-state index is 11.1. The number of anilines is 2. The summed E-state index contributed by atoms with van der Waals surface area (Å²) in [5.41, 5.74) is 5.27. The van der Waals surface area contributed by atoms with Crippen LogP contribution in [0.4, 0.5) is 11.8 Å². The predicted octanol–water partition coefficient (Wildman–Crippen LogP) is 1.65. The van der Waals surface area contributed by atoms with Gasteiger partial charge in [0.1, 0.15) is 5.02 Å². The van der Waals surface area contributed by atoms with Crippen molar-refractivity contribution < 1.29 is 4.79 Å². The number of hydrogen-bond donors (Lipinski definition) is 2. The molecule has 0 radical (unpaired) electrons. The number of hydrogen-bond acceptors (Lipinski definition) is 5. The first-order chi connectivity index (χ1) is 9.08. The van der Waals surface area contributed by atoms with Gasteiger partial charge in [0.05, 0.1) is 12.7 Å². The highest BCUT2D eigenvalue weighted by molar-refractivity contribution is 6.32. The molecule has 0 spiro atoms. The fourth-order valence-corrected chi connectivity index (χ4v) is 1.83. The summed E-state index contributed by atoms with van der Waals surface area (Å²) in [5, 5.41) is 3.43. The summed E-state index contributed by atoms with van der Waals surface area (Å²) in [6.07, 6.45) is 3.48. The Labute approximate surface area is 118 Å². The van der Waals surface area contributed by atoms with Crippen molar-refractivity contribution in [3.63, 3.8) is 0 Å². The fourth-order valence-electron chi connectivity index (χ4n) is 1.62. The molecule has 0 saturated carbocycles. The van der Waals surface area contributed by atoms with Crippen LogP contribution in [0.5, 0.6) is 0 Å². The maximum Gasteiger partial charge on any atom is 0.236 e. The minimum atomic E-state index is -0.407. The Hall–Kier alpha value is -1.56. The van der Waals surface area contributed by atoms with Crippen molar-refractivity contribution >= 4 is 29.3 Å². The molecule has 0 aliphatic carbocycles. The van der Waals surface area contributed by atoms with E-state index >= 15 is 0 Å². The van der Waals surface area contributed by atoms with Gasteiger partial charge in [-0.05, 0) is 13.3 Å². The predicted molar refractivity (Wildman–Crippen MR) is 77.5 cm³/mol. The smallest absolute Gasteiger partial charge is 0.236 e. The molecule has 1 heterocycles. The summed E-state index contributed by atoms with van der Waals surface area (Å²) in [7, 11) is 0. The zero-order chi connectivity index (χ0) is 14.3. The maximum absolute atomic E-state index is 11.1. The van der Waals surface area contributed by atoms with Gasteiger partial charge in [0.2, 0.25) is 11.9 Å². The lowest BCUT2D eigenvalue weighted by atomic mass is 10.3. The molecule has 1 amide bonds. The van der Waals surface area contributed by atoms with E-state index in [1.807, 2.05) is 6.92 Å². The molecular weight excluding hydrogens is 266 g/mol. The third kappa shape index (κ3) is 4.90. The quantitative estimate of drug-likeness (QED) is 0.759. The third-order valence-electron chi connectivity index (χ3n) is 2.49. The van der Waals surface area contributed by atoms with Crippen molar-refractivity contribution in [3.8, 4) is 0 Å². The Balaban J connectivity index is 2.97. The highest BCUT2D eigenvalue weighted by atomic mass is 35.5. The summed E-state index contributed by atoms with van der Waals surface area (Å²) >= 11 is 6.11. The molecular formula is C12H20ClN5O. The van der Waals surface area contributed by atoms with Gasteiger partial charge in [-0.1, -0.05) is 24.9 Å². The normalized spacial score (nSPS) is 10.3. The lowest BCUT2D eigenvalue weighted by Crippen LogP contribution is -2.35. The second kappa shape index (κ2) is 7.78. The van der Waals surface area contributed by atoms with E-state index in [1.165, 1.54) is 6.20 Å². The van der Waals surface area contributed by atoms with Crippen LogP contribution in [-0.2, 0) is 4.79 Å². The van der Waals surface area contributed by atoms with Crippen LogP contribution >= 0.6 is 11.6 Å².